The Morgan fingerprint density at radius 3 is 2.80 bits per heavy atom. The molecule has 3 N–H and O–H groups in total. The molecule has 0 atom stereocenters. The number of nitrogens with zero attached hydrogens (tertiary/aromatic N) is 5. The van der Waals surface area contributed by atoms with Gasteiger partial charge >= 0.3 is 17.8 Å². The molecule has 11 heteroatoms. The molecule has 4 rings (SSSR count). The fraction of sp³-hybridized carbons (Fsp3) is 0.158. The van der Waals surface area contributed by atoms with Crippen molar-refractivity contribution in [2.45, 2.75) is 6.92 Å². The third-order valence-electron chi connectivity index (χ3n) is 4.22. The number of urea groups is 1. The van der Waals surface area contributed by atoms with Gasteiger partial charge in [-0.25, -0.2) is 9.78 Å². The third-order valence-corrected chi connectivity index (χ3v) is 4.22. The molecule has 0 saturated carbocycles. The fourth-order valence-corrected chi connectivity index (χ4v) is 2.87. The average Bonchev–Trinajstić information content (AvgIpc) is 3.40. The van der Waals surface area contributed by atoms with Gasteiger partial charge in [-0.05, 0) is 30.7 Å². The first-order chi connectivity index (χ1) is 14.6. The molecule has 4 heterocycles. The molecule has 0 bridgehead atoms. The normalized spacial score (nSPS) is 10.7. The molecular weight excluding hydrogens is 388 g/mol. The van der Waals surface area contributed by atoms with Gasteiger partial charge in [0.1, 0.15) is 5.65 Å². The SMILES string of the molecule is CCNC(=O)Nc1cn2c(-c3noc(C(=O)NC)n3)cc(-c3cccnc3)cc2n1. The molecule has 3 amide bonds. The van der Waals surface area contributed by atoms with Gasteiger partial charge in [-0.3, -0.25) is 19.5 Å². The van der Waals surface area contributed by atoms with Crippen molar-refractivity contribution < 1.29 is 14.1 Å². The second-order valence-corrected chi connectivity index (χ2v) is 6.21. The van der Waals surface area contributed by atoms with Gasteiger partial charge in [-0.15, -0.1) is 0 Å². The molecule has 11 nitrogen and oxygen atoms in total. The van der Waals surface area contributed by atoms with Crippen molar-refractivity contribution >= 4 is 23.4 Å². The summed E-state index contributed by atoms with van der Waals surface area (Å²) in [6, 6.07) is 7.05. The Labute approximate surface area is 170 Å². The second-order valence-electron chi connectivity index (χ2n) is 6.21. The van der Waals surface area contributed by atoms with Crippen LogP contribution in [0.5, 0.6) is 0 Å². The maximum Gasteiger partial charge on any atom is 0.320 e. The van der Waals surface area contributed by atoms with E-state index >= 15 is 0 Å². The van der Waals surface area contributed by atoms with E-state index < -0.39 is 5.91 Å². The number of anilines is 1. The zero-order chi connectivity index (χ0) is 21.1. The predicted molar refractivity (Wildman–Crippen MR) is 108 cm³/mol. The molecule has 0 aliphatic rings. The van der Waals surface area contributed by atoms with E-state index in [1.807, 2.05) is 31.2 Å². The van der Waals surface area contributed by atoms with E-state index in [0.29, 0.717) is 23.7 Å². The second kappa shape index (κ2) is 7.99. The van der Waals surface area contributed by atoms with E-state index in [9.17, 15) is 9.59 Å². The van der Waals surface area contributed by atoms with Gasteiger partial charge in [-0.2, -0.15) is 4.98 Å². The molecule has 4 aromatic heterocycles. The molecule has 0 radical (unpaired) electrons. The van der Waals surface area contributed by atoms with Gasteiger partial charge in [0.05, 0.1) is 11.9 Å². The number of imidazole rings is 1. The molecule has 0 fully saturated rings. The van der Waals surface area contributed by atoms with E-state index in [2.05, 4.69) is 36.1 Å². The topological polar surface area (TPSA) is 139 Å². The highest BCUT2D eigenvalue weighted by Gasteiger charge is 2.19. The maximum absolute atomic E-state index is 11.9. The largest absolute Gasteiger partial charge is 0.351 e. The molecule has 0 spiro atoms. The molecule has 0 saturated heterocycles. The Hall–Kier alpha value is -4.28. The summed E-state index contributed by atoms with van der Waals surface area (Å²) in [7, 11) is 1.47. The van der Waals surface area contributed by atoms with E-state index in [0.717, 1.165) is 11.1 Å². The van der Waals surface area contributed by atoms with Crippen molar-refractivity contribution in [2.24, 2.45) is 0 Å². The first kappa shape index (κ1) is 19.1. The molecular formula is C19H18N8O3. The number of hydrogen-bond acceptors (Lipinski definition) is 7. The number of hydrogen-bond donors (Lipinski definition) is 3. The molecule has 0 aromatic carbocycles. The smallest absolute Gasteiger partial charge is 0.320 e. The van der Waals surface area contributed by atoms with Crippen LogP contribution in [0.2, 0.25) is 0 Å². The van der Waals surface area contributed by atoms with Crippen molar-refractivity contribution in [3.8, 4) is 22.6 Å². The number of rotatable bonds is 5. The zero-order valence-corrected chi connectivity index (χ0v) is 16.2. The molecule has 0 unspecified atom stereocenters. The van der Waals surface area contributed by atoms with Crippen LogP contribution >= 0.6 is 0 Å². The van der Waals surface area contributed by atoms with Crippen LogP contribution in [0.4, 0.5) is 10.6 Å². The lowest BCUT2D eigenvalue weighted by Gasteiger charge is -2.06. The number of fused-ring (bicyclic) bond motifs is 1. The Balaban J connectivity index is 1.85. The summed E-state index contributed by atoms with van der Waals surface area (Å²) in [5.74, 6) is -0.0993. The number of aromatic nitrogens is 5. The van der Waals surface area contributed by atoms with Gasteiger partial charge in [0.25, 0.3) is 0 Å². The van der Waals surface area contributed by atoms with Crippen LogP contribution < -0.4 is 16.0 Å². The lowest BCUT2D eigenvalue weighted by atomic mass is 10.1. The molecule has 0 aliphatic heterocycles. The molecule has 152 valence electrons. The van der Waals surface area contributed by atoms with E-state index in [1.54, 1.807) is 23.0 Å². The number of carbonyl (C=O) groups is 2. The summed E-state index contributed by atoms with van der Waals surface area (Å²) in [6.45, 7) is 2.31. The van der Waals surface area contributed by atoms with Crippen LogP contribution in [-0.4, -0.2) is 50.0 Å². The highest BCUT2D eigenvalue weighted by molar-refractivity contribution is 5.90. The highest BCUT2D eigenvalue weighted by Crippen LogP contribution is 2.28. The first-order valence-electron chi connectivity index (χ1n) is 9.13. The molecule has 4 aromatic rings. The summed E-state index contributed by atoms with van der Waals surface area (Å²) < 4.78 is 6.78. The highest BCUT2D eigenvalue weighted by atomic mass is 16.5. The minimum absolute atomic E-state index is 0.159. The summed E-state index contributed by atoms with van der Waals surface area (Å²) in [4.78, 5) is 36.5. The summed E-state index contributed by atoms with van der Waals surface area (Å²) in [5.41, 5.74) is 2.75. The van der Waals surface area contributed by atoms with Crippen LogP contribution in [0.3, 0.4) is 0 Å². The summed E-state index contributed by atoms with van der Waals surface area (Å²) in [6.07, 6.45) is 5.04. The lowest BCUT2D eigenvalue weighted by molar-refractivity contribution is 0.0919. The first-order valence-corrected chi connectivity index (χ1v) is 9.13. The molecule has 0 aliphatic carbocycles. The van der Waals surface area contributed by atoms with Crippen LogP contribution in [0.15, 0.2) is 47.4 Å². The van der Waals surface area contributed by atoms with Gasteiger partial charge in [0, 0.05) is 31.5 Å². The van der Waals surface area contributed by atoms with Gasteiger partial charge in [0.2, 0.25) is 5.82 Å². The van der Waals surface area contributed by atoms with Crippen molar-refractivity contribution in [2.75, 3.05) is 18.9 Å². The summed E-state index contributed by atoms with van der Waals surface area (Å²) in [5, 5.41) is 11.7. The Kier molecular flexibility index (Phi) is 5.08. The maximum atomic E-state index is 11.9. The predicted octanol–water partition coefficient (Wildman–Crippen LogP) is 1.95. The van der Waals surface area contributed by atoms with Gasteiger partial charge in [-0.1, -0.05) is 11.2 Å². The number of amides is 3. The Morgan fingerprint density at radius 1 is 1.20 bits per heavy atom. The van der Waals surface area contributed by atoms with Gasteiger partial charge < -0.3 is 15.2 Å². The van der Waals surface area contributed by atoms with E-state index in [4.69, 9.17) is 4.52 Å². The van der Waals surface area contributed by atoms with Crippen molar-refractivity contribution in [3.63, 3.8) is 0 Å². The average molecular weight is 406 g/mol. The standard InChI is InChI=1S/C19H18N8O3/c1-3-22-19(29)24-14-10-27-13(16-25-18(30-26-16)17(28)20-2)7-12(8-15(27)23-14)11-5-4-6-21-9-11/h4-10H,3H2,1-2H3,(H,20,28)(H2,22,24,29). The van der Waals surface area contributed by atoms with E-state index in [-0.39, 0.29) is 17.7 Å². The third kappa shape index (κ3) is 3.68. The lowest BCUT2D eigenvalue weighted by Crippen LogP contribution is -2.28. The van der Waals surface area contributed by atoms with Crippen LogP contribution in [-0.2, 0) is 0 Å². The Morgan fingerprint density at radius 2 is 2.07 bits per heavy atom. The number of carbonyl (C=O) groups excluding carboxylic acids is 2. The molecule has 30 heavy (non-hydrogen) atoms. The minimum atomic E-state index is -0.488. The van der Waals surface area contributed by atoms with E-state index in [1.165, 1.54) is 7.05 Å². The van der Waals surface area contributed by atoms with Crippen LogP contribution in [0, 0.1) is 0 Å². The number of nitrogens with one attached hydrogen (secondary N) is 3. The fourth-order valence-electron chi connectivity index (χ4n) is 2.87. The zero-order valence-electron chi connectivity index (χ0n) is 16.2. The van der Waals surface area contributed by atoms with Crippen LogP contribution in [0.1, 0.15) is 17.6 Å². The monoisotopic (exact) mass is 406 g/mol. The van der Waals surface area contributed by atoms with Crippen LogP contribution in [0.25, 0.3) is 28.3 Å². The summed E-state index contributed by atoms with van der Waals surface area (Å²) >= 11 is 0. The van der Waals surface area contributed by atoms with Crippen molar-refractivity contribution in [3.05, 3.63) is 48.7 Å². The number of pyridine rings is 2. The van der Waals surface area contributed by atoms with Gasteiger partial charge in [0.15, 0.2) is 5.82 Å². The quantitative estimate of drug-likeness (QED) is 0.460. The van der Waals surface area contributed by atoms with Crippen molar-refractivity contribution in [1.29, 1.82) is 0 Å². The minimum Gasteiger partial charge on any atom is -0.351 e. The Bertz CT molecular complexity index is 1220. The van der Waals surface area contributed by atoms with Crippen molar-refractivity contribution in [1.82, 2.24) is 35.1 Å².